The second-order valence-electron chi connectivity index (χ2n) is 7.17. The van der Waals surface area contributed by atoms with Gasteiger partial charge in [-0.1, -0.05) is 0 Å². The molecule has 2 aromatic carbocycles. The Labute approximate surface area is 187 Å². The van der Waals surface area contributed by atoms with Gasteiger partial charge in [0.15, 0.2) is 6.10 Å². The van der Waals surface area contributed by atoms with E-state index in [1.807, 2.05) is 0 Å². The molecule has 1 saturated heterocycles. The van der Waals surface area contributed by atoms with E-state index in [2.05, 4.69) is 10.6 Å². The van der Waals surface area contributed by atoms with Gasteiger partial charge in [-0.15, -0.1) is 0 Å². The lowest BCUT2D eigenvalue weighted by atomic mass is 10.1. The van der Waals surface area contributed by atoms with Crippen molar-refractivity contribution < 1.29 is 27.5 Å². The molecule has 11 heteroatoms. The zero-order valence-electron chi connectivity index (χ0n) is 17.3. The van der Waals surface area contributed by atoms with Crippen LogP contribution in [0.2, 0.25) is 0 Å². The highest BCUT2D eigenvalue weighted by molar-refractivity contribution is 5.96. The smallest absolute Gasteiger partial charge is 0.344 e. The van der Waals surface area contributed by atoms with Gasteiger partial charge in [0.1, 0.15) is 12.6 Å². The number of halogens is 3. The number of carbonyl (C=O) groups excluding carboxylic acids is 2. The highest BCUT2D eigenvalue weighted by Gasteiger charge is 2.38. The number of rotatable bonds is 5. The summed E-state index contributed by atoms with van der Waals surface area (Å²) in [6.07, 6.45) is -6.59. The molecule has 1 aliphatic rings. The van der Waals surface area contributed by atoms with Crippen molar-refractivity contribution in [3.63, 3.8) is 0 Å². The number of hydrogen-bond donors (Lipinski definition) is 2. The summed E-state index contributed by atoms with van der Waals surface area (Å²) in [5, 5.41) is 22.6. The van der Waals surface area contributed by atoms with Crippen molar-refractivity contribution in [1.82, 2.24) is 0 Å². The second-order valence-corrected chi connectivity index (χ2v) is 7.17. The van der Waals surface area contributed by atoms with E-state index in [0.717, 1.165) is 12.1 Å². The summed E-state index contributed by atoms with van der Waals surface area (Å²) < 4.78 is 45.5. The van der Waals surface area contributed by atoms with Crippen LogP contribution in [0.4, 0.5) is 30.2 Å². The molecule has 0 saturated carbocycles. The highest BCUT2D eigenvalue weighted by Crippen LogP contribution is 2.36. The summed E-state index contributed by atoms with van der Waals surface area (Å²) in [4.78, 5) is 25.6. The van der Waals surface area contributed by atoms with Crippen LogP contribution in [0, 0.1) is 22.7 Å². The van der Waals surface area contributed by atoms with Crippen molar-refractivity contribution in [3.8, 4) is 12.1 Å². The molecule has 1 fully saturated rings. The molecular formula is C22H18F3N5O3. The maximum atomic E-state index is 13.3. The van der Waals surface area contributed by atoms with Gasteiger partial charge in [0.25, 0.3) is 5.91 Å². The molecule has 33 heavy (non-hydrogen) atoms. The summed E-state index contributed by atoms with van der Waals surface area (Å²) >= 11 is 0. The Morgan fingerprint density at radius 3 is 2.33 bits per heavy atom. The van der Waals surface area contributed by atoms with E-state index in [1.54, 1.807) is 37.3 Å². The van der Waals surface area contributed by atoms with Gasteiger partial charge in [0.2, 0.25) is 5.91 Å². The molecule has 0 bridgehead atoms. The first kappa shape index (κ1) is 23.6. The number of carbonyl (C=O) groups is 2. The maximum absolute atomic E-state index is 13.3. The molecule has 1 aliphatic heterocycles. The number of nitrogens with zero attached hydrogens (tertiary/aromatic N) is 3. The van der Waals surface area contributed by atoms with Crippen LogP contribution in [0.15, 0.2) is 42.5 Å². The average Bonchev–Trinajstić information content (AvgIpc) is 3.16. The van der Waals surface area contributed by atoms with Crippen LogP contribution in [0.3, 0.4) is 0 Å². The van der Waals surface area contributed by atoms with Crippen molar-refractivity contribution in [2.75, 3.05) is 22.1 Å². The molecule has 3 rings (SSSR count). The van der Waals surface area contributed by atoms with Crippen molar-refractivity contribution in [1.29, 1.82) is 10.5 Å². The molecule has 2 amide bonds. The number of alkyl halides is 3. The number of hydrogen-bond acceptors (Lipinski definition) is 6. The minimum absolute atomic E-state index is 0.0124. The fraction of sp³-hybridized carbons (Fsp3) is 0.273. The van der Waals surface area contributed by atoms with Gasteiger partial charge in [0, 0.05) is 17.1 Å². The first-order valence-electron chi connectivity index (χ1n) is 9.73. The van der Waals surface area contributed by atoms with Gasteiger partial charge in [-0.2, -0.15) is 23.7 Å². The summed E-state index contributed by atoms with van der Waals surface area (Å²) in [7, 11) is 0. The summed E-state index contributed by atoms with van der Waals surface area (Å²) in [6.45, 7) is 1.62. The third-order valence-electron chi connectivity index (χ3n) is 4.89. The van der Waals surface area contributed by atoms with Crippen LogP contribution in [-0.4, -0.2) is 30.7 Å². The van der Waals surface area contributed by atoms with E-state index >= 15 is 0 Å². The zero-order valence-corrected chi connectivity index (χ0v) is 17.3. The lowest BCUT2D eigenvalue weighted by Gasteiger charge is -2.23. The number of benzene rings is 2. The lowest BCUT2D eigenvalue weighted by molar-refractivity contribution is -0.137. The van der Waals surface area contributed by atoms with Gasteiger partial charge < -0.3 is 20.3 Å². The highest BCUT2D eigenvalue weighted by atomic mass is 19.4. The molecule has 2 N–H and O–H groups in total. The maximum Gasteiger partial charge on any atom is 0.417 e. The third kappa shape index (κ3) is 5.59. The largest absolute Gasteiger partial charge is 0.417 e. The molecule has 0 radical (unpaired) electrons. The Hall–Kier alpha value is -4.09. The molecule has 1 heterocycles. The van der Waals surface area contributed by atoms with Crippen molar-refractivity contribution in [3.05, 3.63) is 53.6 Å². The van der Waals surface area contributed by atoms with E-state index in [0.29, 0.717) is 11.4 Å². The monoisotopic (exact) mass is 457 g/mol. The first-order valence-corrected chi connectivity index (χ1v) is 9.73. The molecule has 170 valence electrons. The van der Waals surface area contributed by atoms with Gasteiger partial charge in [-0.05, 0) is 49.4 Å². The molecular weight excluding hydrogens is 439 g/mol. The lowest BCUT2D eigenvalue weighted by Crippen LogP contribution is -2.32. The summed E-state index contributed by atoms with van der Waals surface area (Å²) in [6, 6.07) is 12.8. The van der Waals surface area contributed by atoms with Crippen LogP contribution in [0.1, 0.15) is 24.5 Å². The Morgan fingerprint density at radius 1 is 1.12 bits per heavy atom. The predicted molar refractivity (Wildman–Crippen MR) is 112 cm³/mol. The Bertz CT molecular complexity index is 1140. The van der Waals surface area contributed by atoms with E-state index in [4.69, 9.17) is 15.3 Å². The van der Waals surface area contributed by atoms with Crippen LogP contribution in [0.25, 0.3) is 0 Å². The molecule has 0 unspecified atom stereocenters. The van der Waals surface area contributed by atoms with Crippen molar-refractivity contribution in [2.45, 2.75) is 31.9 Å². The minimum Gasteiger partial charge on any atom is -0.344 e. The fourth-order valence-electron chi connectivity index (χ4n) is 3.32. The average molecular weight is 457 g/mol. The van der Waals surface area contributed by atoms with E-state index in [9.17, 15) is 22.8 Å². The summed E-state index contributed by atoms with van der Waals surface area (Å²) in [5.41, 5.74) is -0.483. The molecule has 0 aromatic heterocycles. The number of nitrogens with one attached hydrogen (secondary N) is 2. The van der Waals surface area contributed by atoms with Crippen LogP contribution >= 0.6 is 0 Å². The van der Waals surface area contributed by atoms with Crippen LogP contribution < -0.4 is 15.5 Å². The SMILES string of the molecule is C[C@H]1O[C@H](C(=O)Nc2ccc(NC(=O)CC#N)cc2)CN1c1ccc(C#N)c(C(F)(F)F)c1. The molecule has 0 aliphatic carbocycles. The summed E-state index contributed by atoms with van der Waals surface area (Å²) in [5.74, 6) is -0.950. The van der Waals surface area contributed by atoms with Crippen LogP contribution in [-0.2, 0) is 20.5 Å². The van der Waals surface area contributed by atoms with E-state index < -0.39 is 41.4 Å². The fourth-order valence-corrected chi connectivity index (χ4v) is 3.32. The minimum atomic E-state index is -4.69. The van der Waals surface area contributed by atoms with Crippen LogP contribution in [0.5, 0.6) is 0 Å². The van der Waals surface area contributed by atoms with Gasteiger partial charge in [-0.3, -0.25) is 9.59 Å². The van der Waals surface area contributed by atoms with Gasteiger partial charge >= 0.3 is 6.18 Å². The third-order valence-corrected chi connectivity index (χ3v) is 4.89. The molecule has 8 nitrogen and oxygen atoms in total. The second kappa shape index (κ2) is 9.59. The Balaban J connectivity index is 1.67. The van der Waals surface area contributed by atoms with Crippen molar-refractivity contribution in [2.24, 2.45) is 0 Å². The molecule has 2 aromatic rings. The topological polar surface area (TPSA) is 118 Å². The molecule has 2 atom stereocenters. The van der Waals surface area contributed by atoms with E-state index in [-0.39, 0.29) is 18.7 Å². The first-order chi connectivity index (χ1) is 15.6. The number of ether oxygens (including phenoxy) is 1. The number of nitriles is 2. The number of anilines is 3. The normalized spacial score (nSPS) is 17.7. The van der Waals surface area contributed by atoms with Crippen molar-refractivity contribution >= 4 is 28.9 Å². The number of amides is 2. The zero-order chi connectivity index (χ0) is 24.2. The molecule has 0 spiro atoms. The van der Waals surface area contributed by atoms with Gasteiger partial charge in [0.05, 0.1) is 29.8 Å². The Kier molecular flexibility index (Phi) is 6.85. The quantitative estimate of drug-likeness (QED) is 0.708. The standard InChI is InChI=1S/C22H18F3N5O3/c1-13-30(17-7-2-14(11-27)18(10-17)22(23,24)25)12-19(33-13)21(32)29-16-5-3-15(4-6-16)28-20(31)8-9-26/h2-7,10,13,19H,8,12H2,1H3,(H,28,31)(H,29,32)/t13-,19+/m1/s1. The van der Waals surface area contributed by atoms with E-state index in [1.165, 1.54) is 17.0 Å². The Morgan fingerprint density at radius 2 is 1.76 bits per heavy atom. The van der Waals surface area contributed by atoms with Gasteiger partial charge in [-0.25, -0.2) is 0 Å². The predicted octanol–water partition coefficient (Wildman–Crippen LogP) is 3.62.